The van der Waals surface area contributed by atoms with Crippen LogP contribution in [-0.4, -0.2) is 29.1 Å². The normalized spacial score (nSPS) is 10.6. The maximum atomic E-state index is 5.76. The molecule has 0 radical (unpaired) electrons. The number of aryl methyl sites for hydroxylation is 1. The van der Waals surface area contributed by atoms with Gasteiger partial charge < -0.3 is 10.1 Å². The first-order valence-electron chi connectivity index (χ1n) is 7.23. The molecule has 2 aromatic rings. The first-order chi connectivity index (χ1) is 10.3. The number of rotatable bonds is 9. The largest absolute Gasteiger partial charge is 0.493 e. The molecule has 0 atom stereocenters. The van der Waals surface area contributed by atoms with Crippen LogP contribution in [0.1, 0.15) is 25.8 Å². The van der Waals surface area contributed by atoms with Crippen LogP contribution in [0.15, 0.2) is 28.6 Å². The summed E-state index contributed by atoms with van der Waals surface area (Å²) in [4.78, 5) is 0. The molecule has 0 unspecified atom stereocenters. The van der Waals surface area contributed by atoms with Crippen molar-refractivity contribution in [2.75, 3.05) is 24.2 Å². The van der Waals surface area contributed by atoms with E-state index in [1.807, 2.05) is 12.1 Å². The molecule has 0 saturated carbocycles. The summed E-state index contributed by atoms with van der Waals surface area (Å²) in [5, 5.41) is 12.4. The van der Waals surface area contributed by atoms with Crippen LogP contribution < -0.4 is 10.1 Å². The Hall–Kier alpha value is -1.27. The number of hydrogen-bond acceptors (Lipinski definition) is 6. The fourth-order valence-electron chi connectivity index (χ4n) is 1.72. The average molecular weight is 323 g/mol. The molecule has 4 nitrogen and oxygen atoms in total. The molecule has 0 aliphatic carbocycles. The van der Waals surface area contributed by atoms with E-state index >= 15 is 0 Å². The van der Waals surface area contributed by atoms with Crippen molar-refractivity contribution in [3.8, 4) is 5.75 Å². The highest BCUT2D eigenvalue weighted by Crippen LogP contribution is 2.25. The molecule has 0 saturated heterocycles. The van der Waals surface area contributed by atoms with Crippen LogP contribution in [0.2, 0.25) is 0 Å². The third kappa shape index (κ3) is 5.55. The summed E-state index contributed by atoms with van der Waals surface area (Å²) < 4.78 is 6.75. The van der Waals surface area contributed by atoms with Gasteiger partial charge in [0, 0.05) is 12.3 Å². The fourth-order valence-corrected chi connectivity index (χ4v) is 3.38. The SMILES string of the molecule is CCCNc1nnc(SCCOc2cccc(CC)c2)s1. The molecule has 1 aromatic heterocycles. The number of aromatic nitrogens is 2. The Labute approximate surface area is 134 Å². The Morgan fingerprint density at radius 3 is 3.00 bits per heavy atom. The van der Waals surface area contributed by atoms with Crippen molar-refractivity contribution in [2.45, 2.75) is 31.0 Å². The molecule has 0 aliphatic heterocycles. The molecule has 0 spiro atoms. The quantitative estimate of drug-likeness (QED) is 0.556. The van der Waals surface area contributed by atoms with Gasteiger partial charge in [0.05, 0.1) is 6.61 Å². The Bertz CT molecular complexity index is 545. The number of nitrogens with one attached hydrogen (secondary N) is 1. The average Bonchev–Trinajstić information content (AvgIpc) is 2.97. The van der Waals surface area contributed by atoms with Crippen molar-refractivity contribution >= 4 is 28.2 Å². The number of anilines is 1. The Balaban J connectivity index is 1.70. The first-order valence-corrected chi connectivity index (χ1v) is 9.04. The highest BCUT2D eigenvalue weighted by Gasteiger charge is 2.04. The van der Waals surface area contributed by atoms with Crippen molar-refractivity contribution in [3.05, 3.63) is 29.8 Å². The van der Waals surface area contributed by atoms with Gasteiger partial charge >= 0.3 is 0 Å². The topological polar surface area (TPSA) is 47.0 Å². The van der Waals surface area contributed by atoms with Crippen molar-refractivity contribution in [1.29, 1.82) is 0 Å². The van der Waals surface area contributed by atoms with Gasteiger partial charge in [-0.05, 0) is 30.5 Å². The Morgan fingerprint density at radius 2 is 2.19 bits per heavy atom. The van der Waals surface area contributed by atoms with E-state index in [9.17, 15) is 0 Å². The molecule has 0 amide bonds. The molecule has 6 heteroatoms. The van der Waals surface area contributed by atoms with Crippen molar-refractivity contribution in [2.24, 2.45) is 0 Å². The van der Waals surface area contributed by atoms with E-state index in [1.165, 1.54) is 5.56 Å². The molecule has 1 heterocycles. The van der Waals surface area contributed by atoms with E-state index < -0.39 is 0 Å². The summed E-state index contributed by atoms with van der Waals surface area (Å²) in [6.07, 6.45) is 2.12. The second-order valence-corrected chi connectivity index (χ2v) is 6.82. The summed E-state index contributed by atoms with van der Waals surface area (Å²) >= 11 is 3.28. The third-order valence-electron chi connectivity index (χ3n) is 2.82. The van der Waals surface area contributed by atoms with Gasteiger partial charge in [-0.2, -0.15) is 0 Å². The van der Waals surface area contributed by atoms with Gasteiger partial charge in [0.1, 0.15) is 5.75 Å². The molecule has 0 bridgehead atoms. The first kappa shape index (κ1) is 16.1. The third-order valence-corrected chi connectivity index (χ3v) is 4.80. The lowest BCUT2D eigenvalue weighted by Gasteiger charge is -2.06. The predicted octanol–water partition coefficient (Wildman–Crippen LogP) is 4.09. The van der Waals surface area contributed by atoms with Gasteiger partial charge in [-0.25, -0.2) is 0 Å². The van der Waals surface area contributed by atoms with Gasteiger partial charge in [0.2, 0.25) is 5.13 Å². The molecule has 0 fully saturated rings. The zero-order valence-corrected chi connectivity index (χ0v) is 14.1. The second-order valence-electron chi connectivity index (χ2n) is 4.50. The number of ether oxygens (including phenoxy) is 1. The van der Waals surface area contributed by atoms with E-state index in [1.54, 1.807) is 23.1 Å². The number of nitrogens with zero attached hydrogens (tertiary/aromatic N) is 2. The van der Waals surface area contributed by atoms with E-state index in [-0.39, 0.29) is 0 Å². The fraction of sp³-hybridized carbons (Fsp3) is 0.467. The minimum Gasteiger partial charge on any atom is -0.493 e. The zero-order valence-electron chi connectivity index (χ0n) is 12.5. The summed E-state index contributed by atoms with van der Waals surface area (Å²) in [5.41, 5.74) is 1.30. The van der Waals surface area contributed by atoms with Crippen LogP contribution in [0, 0.1) is 0 Å². The highest BCUT2D eigenvalue weighted by molar-refractivity contribution is 8.01. The molecule has 1 aromatic carbocycles. The van der Waals surface area contributed by atoms with E-state index in [4.69, 9.17) is 4.74 Å². The molecule has 114 valence electrons. The molecule has 21 heavy (non-hydrogen) atoms. The van der Waals surface area contributed by atoms with Gasteiger partial charge in [-0.15, -0.1) is 10.2 Å². The van der Waals surface area contributed by atoms with Gasteiger partial charge in [-0.3, -0.25) is 0 Å². The van der Waals surface area contributed by atoms with E-state index in [0.717, 1.165) is 40.4 Å². The van der Waals surface area contributed by atoms with Crippen molar-refractivity contribution in [1.82, 2.24) is 10.2 Å². The summed E-state index contributed by atoms with van der Waals surface area (Å²) in [6, 6.07) is 8.26. The number of thioether (sulfide) groups is 1. The lowest BCUT2D eigenvalue weighted by atomic mass is 10.2. The minimum absolute atomic E-state index is 0.676. The lowest BCUT2D eigenvalue weighted by molar-refractivity contribution is 0.343. The molecular weight excluding hydrogens is 302 g/mol. The van der Waals surface area contributed by atoms with E-state index in [0.29, 0.717) is 6.61 Å². The molecular formula is C15H21N3OS2. The Kier molecular flexibility index (Phi) is 6.82. The van der Waals surface area contributed by atoms with Gasteiger partial charge in [0.25, 0.3) is 0 Å². The van der Waals surface area contributed by atoms with Crippen molar-refractivity contribution < 1.29 is 4.74 Å². The van der Waals surface area contributed by atoms with Crippen LogP contribution in [0.25, 0.3) is 0 Å². The van der Waals surface area contributed by atoms with Crippen LogP contribution >= 0.6 is 23.1 Å². The summed E-state index contributed by atoms with van der Waals surface area (Å²) in [5.74, 6) is 1.82. The number of hydrogen-bond donors (Lipinski definition) is 1. The van der Waals surface area contributed by atoms with Gasteiger partial charge in [-0.1, -0.05) is 49.1 Å². The monoisotopic (exact) mass is 323 g/mol. The van der Waals surface area contributed by atoms with Crippen molar-refractivity contribution in [3.63, 3.8) is 0 Å². The molecule has 2 rings (SSSR count). The van der Waals surface area contributed by atoms with Crippen LogP contribution in [-0.2, 0) is 6.42 Å². The zero-order chi connectivity index (χ0) is 14.9. The minimum atomic E-state index is 0.676. The maximum absolute atomic E-state index is 5.76. The Morgan fingerprint density at radius 1 is 1.29 bits per heavy atom. The smallest absolute Gasteiger partial charge is 0.206 e. The van der Waals surface area contributed by atoms with Crippen LogP contribution in [0.4, 0.5) is 5.13 Å². The summed E-state index contributed by atoms with van der Waals surface area (Å²) in [7, 11) is 0. The van der Waals surface area contributed by atoms with Crippen LogP contribution in [0.3, 0.4) is 0 Å². The standard InChI is InChI=1S/C15H21N3OS2/c1-3-8-16-14-17-18-15(21-14)20-10-9-19-13-7-5-6-12(4-2)11-13/h5-7,11H,3-4,8-10H2,1-2H3,(H,16,17). The lowest BCUT2D eigenvalue weighted by Crippen LogP contribution is -2.00. The molecule has 0 aliphatic rings. The van der Waals surface area contributed by atoms with Gasteiger partial charge in [0.15, 0.2) is 4.34 Å². The second kappa shape index (κ2) is 8.89. The molecule has 1 N–H and O–H groups in total. The summed E-state index contributed by atoms with van der Waals surface area (Å²) in [6.45, 7) is 5.90. The predicted molar refractivity (Wildman–Crippen MR) is 90.7 cm³/mol. The van der Waals surface area contributed by atoms with E-state index in [2.05, 4.69) is 41.5 Å². The highest BCUT2D eigenvalue weighted by atomic mass is 32.2. The maximum Gasteiger partial charge on any atom is 0.206 e. The van der Waals surface area contributed by atoms with Crippen LogP contribution in [0.5, 0.6) is 5.75 Å². The number of benzene rings is 1.